The molecule has 1 aromatic carbocycles. The SMILES string of the molecule is COC(=O)CCc1ccc(C(O)C(=O)O)cc1C(F)F. The molecule has 7 heteroatoms. The van der Waals surface area contributed by atoms with Crippen LogP contribution >= 0.6 is 0 Å². The number of carboxylic acids is 1. The highest BCUT2D eigenvalue weighted by atomic mass is 19.3. The van der Waals surface area contributed by atoms with Gasteiger partial charge in [-0.25, -0.2) is 13.6 Å². The Kier molecular flexibility index (Phi) is 5.57. The van der Waals surface area contributed by atoms with Crippen LogP contribution in [0.4, 0.5) is 8.78 Å². The third-order valence-corrected chi connectivity index (χ3v) is 2.78. The zero-order valence-corrected chi connectivity index (χ0v) is 10.7. The van der Waals surface area contributed by atoms with Gasteiger partial charge in [0.15, 0.2) is 6.10 Å². The van der Waals surface area contributed by atoms with E-state index in [0.29, 0.717) is 0 Å². The number of halogens is 2. The molecule has 0 amide bonds. The fourth-order valence-corrected chi connectivity index (χ4v) is 1.70. The lowest BCUT2D eigenvalue weighted by molar-refractivity contribution is -0.147. The first kappa shape index (κ1) is 16.0. The zero-order valence-electron chi connectivity index (χ0n) is 10.7. The Bertz CT molecular complexity index is 502. The average Bonchev–Trinajstić information content (AvgIpc) is 2.43. The molecule has 1 unspecified atom stereocenters. The molecular weight excluding hydrogens is 274 g/mol. The van der Waals surface area contributed by atoms with E-state index >= 15 is 0 Å². The summed E-state index contributed by atoms with van der Waals surface area (Å²) in [6, 6.07) is 3.47. The van der Waals surface area contributed by atoms with Gasteiger partial charge in [0, 0.05) is 12.0 Å². The smallest absolute Gasteiger partial charge is 0.337 e. The number of aliphatic carboxylic acids is 1. The summed E-state index contributed by atoms with van der Waals surface area (Å²) in [7, 11) is 1.20. The van der Waals surface area contributed by atoms with E-state index in [4.69, 9.17) is 5.11 Å². The first-order chi connectivity index (χ1) is 9.36. The number of carbonyl (C=O) groups is 2. The summed E-state index contributed by atoms with van der Waals surface area (Å²) >= 11 is 0. The number of carboxylic acid groups (broad SMARTS) is 1. The zero-order chi connectivity index (χ0) is 15.3. The molecule has 2 N–H and O–H groups in total. The lowest BCUT2D eigenvalue weighted by Crippen LogP contribution is -2.11. The van der Waals surface area contributed by atoms with Crippen molar-refractivity contribution in [3.8, 4) is 0 Å². The normalized spacial score (nSPS) is 12.2. The fourth-order valence-electron chi connectivity index (χ4n) is 1.70. The van der Waals surface area contributed by atoms with Gasteiger partial charge in [-0.1, -0.05) is 12.1 Å². The number of methoxy groups -OCH3 is 1. The van der Waals surface area contributed by atoms with Crippen LogP contribution in [0.15, 0.2) is 18.2 Å². The Balaban J connectivity index is 3.02. The van der Waals surface area contributed by atoms with Crippen molar-refractivity contribution in [2.75, 3.05) is 7.11 Å². The molecule has 0 aromatic heterocycles. The third kappa shape index (κ3) is 3.99. The lowest BCUT2D eigenvalue weighted by atomic mass is 9.98. The van der Waals surface area contributed by atoms with Crippen LogP contribution in [0.2, 0.25) is 0 Å². The average molecular weight is 288 g/mol. The summed E-state index contributed by atoms with van der Waals surface area (Å²) in [6.45, 7) is 0. The number of ether oxygens (including phenoxy) is 1. The number of esters is 1. The maximum Gasteiger partial charge on any atom is 0.337 e. The van der Waals surface area contributed by atoms with Crippen LogP contribution < -0.4 is 0 Å². The first-order valence-corrected chi connectivity index (χ1v) is 5.75. The Hall–Kier alpha value is -2.02. The van der Waals surface area contributed by atoms with Crippen LogP contribution in [0, 0.1) is 0 Å². The predicted molar refractivity (Wildman–Crippen MR) is 64.3 cm³/mol. The van der Waals surface area contributed by atoms with E-state index in [9.17, 15) is 23.5 Å². The van der Waals surface area contributed by atoms with Crippen LogP contribution in [0.25, 0.3) is 0 Å². The van der Waals surface area contributed by atoms with Gasteiger partial charge in [-0.2, -0.15) is 0 Å². The summed E-state index contributed by atoms with van der Waals surface area (Å²) < 4.78 is 30.3. The molecule has 0 radical (unpaired) electrons. The highest BCUT2D eigenvalue weighted by molar-refractivity contribution is 5.74. The molecule has 1 rings (SSSR count). The van der Waals surface area contributed by atoms with Gasteiger partial charge in [0.25, 0.3) is 6.43 Å². The van der Waals surface area contributed by atoms with Gasteiger partial charge in [0.2, 0.25) is 0 Å². The van der Waals surface area contributed by atoms with Gasteiger partial charge in [0.1, 0.15) is 0 Å². The van der Waals surface area contributed by atoms with E-state index in [1.54, 1.807) is 0 Å². The summed E-state index contributed by atoms with van der Waals surface area (Å²) in [5.74, 6) is -2.05. The van der Waals surface area contributed by atoms with E-state index in [-0.39, 0.29) is 24.0 Å². The second kappa shape index (κ2) is 6.95. The number of benzene rings is 1. The number of rotatable bonds is 6. The molecule has 20 heavy (non-hydrogen) atoms. The van der Waals surface area contributed by atoms with Crippen molar-refractivity contribution in [3.05, 3.63) is 34.9 Å². The highest BCUT2D eigenvalue weighted by Gasteiger charge is 2.20. The van der Waals surface area contributed by atoms with Crippen molar-refractivity contribution in [1.82, 2.24) is 0 Å². The third-order valence-electron chi connectivity index (χ3n) is 2.78. The minimum atomic E-state index is -2.83. The summed E-state index contributed by atoms with van der Waals surface area (Å²) in [5, 5.41) is 18.0. The number of aryl methyl sites for hydroxylation is 1. The second-order valence-electron chi connectivity index (χ2n) is 4.08. The van der Waals surface area contributed by atoms with Gasteiger partial charge in [-0.05, 0) is 23.6 Å². The largest absolute Gasteiger partial charge is 0.479 e. The van der Waals surface area contributed by atoms with E-state index in [1.807, 2.05) is 0 Å². The predicted octanol–water partition coefficient (Wildman–Crippen LogP) is 1.85. The summed E-state index contributed by atoms with van der Waals surface area (Å²) in [6.07, 6.45) is -4.70. The van der Waals surface area contributed by atoms with E-state index < -0.39 is 30.0 Å². The Morgan fingerprint density at radius 1 is 1.35 bits per heavy atom. The van der Waals surface area contributed by atoms with Crippen molar-refractivity contribution >= 4 is 11.9 Å². The molecular formula is C13H14F2O5. The monoisotopic (exact) mass is 288 g/mol. The number of aliphatic hydroxyl groups excluding tert-OH is 1. The minimum absolute atomic E-state index is 0.0514. The van der Waals surface area contributed by atoms with Crippen molar-refractivity contribution in [2.45, 2.75) is 25.4 Å². The van der Waals surface area contributed by atoms with Crippen molar-refractivity contribution in [3.63, 3.8) is 0 Å². The van der Waals surface area contributed by atoms with Crippen LogP contribution in [0.5, 0.6) is 0 Å². The molecule has 0 saturated carbocycles. The van der Waals surface area contributed by atoms with Crippen molar-refractivity contribution in [1.29, 1.82) is 0 Å². The fraction of sp³-hybridized carbons (Fsp3) is 0.385. The van der Waals surface area contributed by atoms with Gasteiger partial charge in [0.05, 0.1) is 7.11 Å². The number of hydrogen-bond acceptors (Lipinski definition) is 4. The first-order valence-electron chi connectivity index (χ1n) is 5.75. The standard InChI is InChI=1S/C13H14F2O5/c1-20-10(16)5-4-7-2-3-8(11(17)13(18)19)6-9(7)12(14)15/h2-3,6,11-12,17H,4-5H2,1H3,(H,18,19). The van der Waals surface area contributed by atoms with Gasteiger partial charge < -0.3 is 14.9 Å². The van der Waals surface area contributed by atoms with E-state index in [1.165, 1.54) is 19.2 Å². The molecule has 0 aliphatic rings. The molecule has 0 spiro atoms. The number of carbonyl (C=O) groups excluding carboxylic acids is 1. The quantitative estimate of drug-likeness (QED) is 0.780. The van der Waals surface area contributed by atoms with E-state index in [0.717, 1.165) is 6.07 Å². The topological polar surface area (TPSA) is 83.8 Å². The number of alkyl halides is 2. The molecule has 1 atom stereocenters. The molecule has 5 nitrogen and oxygen atoms in total. The van der Waals surface area contributed by atoms with Crippen LogP contribution in [-0.2, 0) is 20.7 Å². The highest BCUT2D eigenvalue weighted by Crippen LogP contribution is 2.27. The molecule has 0 heterocycles. The van der Waals surface area contributed by atoms with Crippen molar-refractivity contribution in [2.24, 2.45) is 0 Å². The number of hydrogen-bond donors (Lipinski definition) is 2. The number of aliphatic hydroxyl groups is 1. The molecule has 0 aliphatic carbocycles. The van der Waals surface area contributed by atoms with Gasteiger partial charge >= 0.3 is 11.9 Å². The molecule has 0 saturated heterocycles. The maximum atomic E-state index is 12.9. The Labute approximate surface area is 113 Å². The van der Waals surface area contributed by atoms with Crippen LogP contribution in [0.1, 0.15) is 35.6 Å². The molecule has 0 fully saturated rings. The second-order valence-corrected chi connectivity index (χ2v) is 4.08. The van der Waals surface area contributed by atoms with Crippen molar-refractivity contribution < 1.29 is 33.3 Å². The molecule has 0 aliphatic heterocycles. The van der Waals surface area contributed by atoms with Gasteiger partial charge in [-0.3, -0.25) is 4.79 Å². The summed E-state index contributed by atoms with van der Waals surface area (Å²) in [4.78, 5) is 21.6. The van der Waals surface area contributed by atoms with Crippen LogP contribution in [-0.4, -0.2) is 29.3 Å². The minimum Gasteiger partial charge on any atom is -0.479 e. The maximum absolute atomic E-state index is 12.9. The molecule has 0 bridgehead atoms. The summed E-state index contributed by atoms with van der Waals surface area (Å²) in [5.41, 5.74) is -0.312. The molecule has 110 valence electrons. The van der Waals surface area contributed by atoms with Crippen LogP contribution in [0.3, 0.4) is 0 Å². The Morgan fingerprint density at radius 2 is 2.00 bits per heavy atom. The van der Waals surface area contributed by atoms with Gasteiger partial charge in [-0.15, -0.1) is 0 Å². The van der Waals surface area contributed by atoms with E-state index in [2.05, 4.69) is 4.74 Å². The Morgan fingerprint density at radius 3 is 2.50 bits per heavy atom. The molecule has 1 aromatic rings. The lowest BCUT2D eigenvalue weighted by Gasteiger charge is -2.12.